The van der Waals surface area contributed by atoms with Crippen molar-refractivity contribution in [3.8, 4) is 0 Å². The van der Waals surface area contributed by atoms with Crippen LogP contribution in [0, 0.1) is 18.8 Å². The van der Waals surface area contributed by atoms with Gasteiger partial charge in [0, 0.05) is 23.7 Å². The zero-order valence-electron chi connectivity index (χ0n) is 17.8. The maximum absolute atomic E-state index is 13.1. The summed E-state index contributed by atoms with van der Waals surface area (Å²) in [6.45, 7) is 4.93. The molecule has 6 rings (SSSR count). The van der Waals surface area contributed by atoms with Gasteiger partial charge in [-0.3, -0.25) is 4.79 Å². The minimum Gasteiger partial charge on any atom is -0.360 e. The standard InChI is InChI=1S/C21H32N4O4S/c1-14-4-3-5-25(14)19(26)12-22-20-7-16-6-17(8-20)10-21(9-16,13-20)24-30(27,28)18-11-23-29-15(18)2/h11,14,16-17,22,24H,3-10,12-13H2,1-2H3. The second-order valence-electron chi connectivity index (χ2n) is 10.3. The Morgan fingerprint density at radius 1 is 1.27 bits per heavy atom. The molecule has 1 amide bonds. The fraction of sp³-hybridized carbons (Fsp3) is 0.810. The quantitative estimate of drug-likeness (QED) is 0.706. The molecule has 3 atom stereocenters. The van der Waals surface area contributed by atoms with E-state index in [2.05, 4.69) is 22.1 Å². The van der Waals surface area contributed by atoms with E-state index < -0.39 is 15.6 Å². The van der Waals surface area contributed by atoms with Crippen LogP contribution in [-0.2, 0) is 14.8 Å². The molecule has 4 bridgehead atoms. The van der Waals surface area contributed by atoms with Gasteiger partial charge >= 0.3 is 0 Å². The first-order valence-electron chi connectivity index (χ1n) is 11.2. The molecular formula is C21H32N4O4S. The number of rotatable bonds is 6. The van der Waals surface area contributed by atoms with Gasteiger partial charge in [-0.2, -0.15) is 0 Å². The number of hydrogen-bond donors (Lipinski definition) is 2. The second kappa shape index (κ2) is 7.03. The van der Waals surface area contributed by atoms with E-state index in [9.17, 15) is 13.2 Å². The number of nitrogens with one attached hydrogen (secondary N) is 2. The molecule has 5 aliphatic rings. The second-order valence-corrected chi connectivity index (χ2v) is 12.0. The highest BCUT2D eigenvalue weighted by Crippen LogP contribution is 2.57. The highest BCUT2D eigenvalue weighted by molar-refractivity contribution is 7.89. The van der Waals surface area contributed by atoms with Crippen molar-refractivity contribution in [2.75, 3.05) is 13.1 Å². The number of amides is 1. The van der Waals surface area contributed by atoms with Gasteiger partial charge < -0.3 is 14.7 Å². The third-order valence-electron chi connectivity index (χ3n) is 7.90. The minimum atomic E-state index is -3.70. The lowest BCUT2D eigenvalue weighted by molar-refractivity contribution is -0.132. The smallest absolute Gasteiger partial charge is 0.246 e. The molecular weight excluding hydrogens is 404 g/mol. The van der Waals surface area contributed by atoms with Gasteiger partial charge in [0.05, 0.1) is 12.7 Å². The summed E-state index contributed by atoms with van der Waals surface area (Å²) in [5.41, 5.74) is -0.613. The molecule has 9 heteroatoms. The molecule has 8 nitrogen and oxygen atoms in total. The Morgan fingerprint density at radius 3 is 2.57 bits per heavy atom. The Hall–Kier alpha value is -1.45. The highest BCUT2D eigenvalue weighted by atomic mass is 32.2. The number of hydrogen-bond acceptors (Lipinski definition) is 6. The molecule has 166 valence electrons. The van der Waals surface area contributed by atoms with Crippen molar-refractivity contribution in [3.05, 3.63) is 12.0 Å². The molecule has 30 heavy (non-hydrogen) atoms. The van der Waals surface area contributed by atoms with E-state index in [1.807, 2.05) is 4.90 Å². The van der Waals surface area contributed by atoms with Gasteiger partial charge in [-0.15, -0.1) is 0 Å². The van der Waals surface area contributed by atoms with Gasteiger partial charge in [0.2, 0.25) is 15.9 Å². The minimum absolute atomic E-state index is 0.124. The topological polar surface area (TPSA) is 105 Å². The largest absolute Gasteiger partial charge is 0.360 e. The number of aryl methyl sites for hydroxylation is 1. The van der Waals surface area contributed by atoms with E-state index in [1.54, 1.807) is 6.92 Å². The van der Waals surface area contributed by atoms with Crippen LogP contribution < -0.4 is 10.0 Å². The maximum Gasteiger partial charge on any atom is 0.246 e. The number of aromatic nitrogens is 1. The fourth-order valence-corrected chi connectivity index (χ4v) is 8.66. The van der Waals surface area contributed by atoms with Gasteiger partial charge in [0.1, 0.15) is 4.90 Å². The van der Waals surface area contributed by atoms with Crippen LogP contribution in [0.15, 0.2) is 15.6 Å². The Bertz CT molecular complexity index is 929. The molecule has 5 fully saturated rings. The predicted octanol–water partition coefficient (Wildman–Crippen LogP) is 1.95. The number of carbonyl (C=O) groups excluding carboxylic acids is 1. The molecule has 3 unspecified atom stereocenters. The van der Waals surface area contributed by atoms with E-state index in [0.29, 0.717) is 30.2 Å². The molecule has 1 aromatic rings. The van der Waals surface area contributed by atoms with Crippen molar-refractivity contribution in [3.63, 3.8) is 0 Å². The van der Waals surface area contributed by atoms with E-state index in [4.69, 9.17) is 4.52 Å². The summed E-state index contributed by atoms with van der Waals surface area (Å²) in [6, 6.07) is 0.320. The van der Waals surface area contributed by atoms with Gasteiger partial charge in [0.15, 0.2) is 5.76 Å². The van der Waals surface area contributed by atoms with Crippen molar-refractivity contribution >= 4 is 15.9 Å². The van der Waals surface area contributed by atoms with Crippen molar-refractivity contribution in [1.82, 2.24) is 20.1 Å². The number of likely N-dealkylation sites (tertiary alicyclic amines) is 1. The van der Waals surface area contributed by atoms with Crippen molar-refractivity contribution in [2.24, 2.45) is 11.8 Å². The van der Waals surface area contributed by atoms with E-state index >= 15 is 0 Å². The van der Waals surface area contributed by atoms with Crippen LogP contribution in [0.2, 0.25) is 0 Å². The summed E-state index contributed by atoms with van der Waals surface area (Å²) in [4.78, 5) is 14.9. The molecule has 2 heterocycles. The Labute approximate surface area is 178 Å². The van der Waals surface area contributed by atoms with Crippen LogP contribution in [-0.4, -0.2) is 54.6 Å². The summed E-state index contributed by atoms with van der Waals surface area (Å²) in [5, 5.41) is 7.26. The van der Waals surface area contributed by atoms with Gasteiger partial charge in [-0.1, -0.05) is 5.16 Å². The lowest BCUT2D eigenvalue weighted by atomic mass is 9.50. The number of carbonyl (C=O) groups is 1. The van der Waals surface area contributed by atoms with Crippen LogP contribution in [0.3, 0.4) is 0 Å². The Balaban J connectivity index is 1.33. The summed E-state index contributed by atoms with van der Waals surface area (Å²) >= 11 is 0. The van der Waals surface area contributed by atoms with E-state index in [0.717, 1.165) is 57.9 Å². The third kappa shape index (κ3) is 3.48. The average molecular weight is 437 g/mol. The van der Waals surface area contributed by atoms with Crippen LogP contribution in [0.25, 0.3) is 0 Å². The van der Waals surface area contributed by atoms with Crippen LogP contribution >= 0.6 is 0 Å². The lowest BCUT2D eigenvalue weighted by Gasteiger charge is -2.62. The first-order chi connectivity index (χ1) is 14.2. The Morgan fingerprint density at radius 2 is 1.97 bits per heavy atom. The summed E-state index contributed by atoms with van der Waals surface area (Å²) in [7, 11) is -3.70. The van der Waals surface area contributed by atoms with Gasteiger partial charge in [-0.25, -0.2) is 13.1 Å². The summed E-state index contributed by atoms with van der Waals surface area (Å²) < 4.78 is 34.2. The molecule has 0 radical (unpaired) electrons. The van der Waals surface area contributed by atoms with Crippen molar-refractivity contribution < 1.29 is 17.7 Å². The molecule has 1 saturated heterocycles. The van der Waals surface area contributed by atoms with Crippen LogP contribution in [0.5, 0.6) is 0 Å². The van der Waals surface area contributed by atoms with Crippen molar-refractivity contribution in [2.45, 2.75) is 87.2 Å². The predicted molar refractivity (Wildman–Crippen MR) is 110 cm³/mol. The van der Waals surface area contributed by atoms with Crippen LogP contribution in [0.4, 0.5) is 0 Å². The fourth-order valence-electron chi connectivity index (χ4n) is 7.14. The molecule has 1 aliphatic heterocycles. The Kier molecular flexibility index (Phi) is 4.79. The monoisotopic (exact) mass is 436 g/mol. The van der Waals surface area contributed by atoms with E-state index in [1.165, 1.54) is 6.20 Å². The molecule has 2 N–H and O–H groups in total. The summed E-state index contributed by atoms with van der Waals surface area (Å²) in [5.74, 6) is 1.47. The SMILES string of the molecule is Cc1oncc1S(=O)(=O)NC12CC3CC(CC(NCC(=O)N4CCCC4C)(C3)C1)C2. The summed E-state index contributed by atoms with van der Waals surface area (Å²) in [6.07, 6.45) is 9.13. The normalized spacial score (nSPS) is 37.8. The molecule has 4 saturated carbocycles. The van der Waals surface area contributed by atoms with Crippen molar-refractivity contribution in [1.29, 1.82) is 0 Å². The average Bonchev–Trinajstić information content (AvgIpc) is 3.26. The van der Waals surface area contributed by atoms with Crippen LogP contribution in [0.1, 0.15) is 64.1 Å². The molecule has 1 aromatic heterocycles. The van der Waals surface area contributed by atoms with E-state index in [-0.39, 0.29) is 16.3 Å². The maximum atomic E-state index is 13.1. The first kappa shape index (κ1) is 20.5. The zero-order valence-corrected chi connectivity index (χ0v) is 18.6. The highest BCUT2D eigenvalue weighted by Gasteiger charge is 2.59. The molecule has 4 aliphatic carbocycles. The molecule has 0 spiro atoms. The number of sulfonamides is 1. The third-order valence-corrected chi connectivity index (χ3v) is 9.57. The zero-order chi connectivity index (χ0) is 21.1. The number of nitrogens with zero attached hydrogens (tertiary/aromatic N) is 2. The van der Waals surface area contributed by atoms with Gasteiger partial charge in [0.25, 0.3) is 0 Å². The lowest BCUT2D eigenvalue weighted by Crippen LogP contribution is -2.69. The van der Waals surface area contributed by atoms with Gasteiger partial charge in [-0.05, 0) is 77.0 Å². The first-order valence-corrected chi connectivity index (χ1v) is 12.7. The molecule has 0 aromatic carbocycles.